The standard InChI is InChI=1S/C15H18N2O4/c1-20-14(18)9-13(15(19)21-2)17-12-6-4-3-5-11(12)16-10-7-8-10/h3-6,9-10,16-17H,7-8H2,1-2H3/b13-9+. The second-order valence-electron chi connectivity index (χ2n) is 4.66. The predicted octanol–water partition coefficient (Wildman–Crippen LogP) is 1.90. The van der Waals surface area contributed by atoms with E-state index >= 15 is 0 Å². The van der Waals surface area contributed by atoms with Crippen LogP contribution in [-0.4, -0.2) is 32.2 Å². The van der Waals surface area contributed by atoms with Crippen molar-refractivity contribution in [2.45, 2.75) is 18.9 Å². The molecular formula is C15H18N2O4. The average molecular weight is 290 g/mol. The molecule has 0 saturated heterocycles. The van der Waals surface area contributed by atoms with Gasteiger partial charge in [0.25, 0.3) is 0 Å². The van der Waals surface area contributed by atoms with Crippen LogP contribution in [0.15, 0.2) is 36.0 Å². The summed E-state index contributed by atoms with van der Waals surface area (Å²) in [5, 5.41) is 6.28. The molecule has 0 spiro atoms. The van der Waals surface area contributed by atoms with Gasteiger partial charge in [-0.1, -0.05) is 12.1 Å². The Balaban J connectivity index is 2.21. The number of ether oxygens (including phenoxy) is 2. The first-order valence-corrected chi connectivity index (χ1v) is 6.64. The van der Waals surface area contributed by atoms with Crippen LogP contribution in [0.3, 0.4) is 0 Å². The van der Waals surface area contributed by atoms with Gasteiger partial charge in [-0.25, -0.2) is 9.59 Å². The molecule has 1 saturated carbocycles. The van der Waals surface area contributed by atoms with Crippen molar-refractivity contribution in [3.63, 3.8) is 0 Å². The molecule has 0 heterocycles. The van der Waals surface area contributed by atoms with Crippen molar-refractivity contribution in [3.8, 4) is 0 Å². The third kappa shape index (κ3) is 4.24. The summed E-state index contributed by atoms with van der Waals surface area (Å²) in [6.45, 7) is 0. The summed E-state index contributed by atoms with van der Waals surface area (Å²) in [7, 11) is 2.50. The van der Waals surface area contributed by atoms with Crippen LogP contribution < -0.4 is 10.6 Å². The van der Waals surface area contributed by atoms with E-state index in [1.807, 2.05) is 24.3 Å². The second-order valence-corrected chi connectivity index (χ2v) is 4.66. The number of carbonyl (C=O) groups excluding carboxylic acids is 2. The number of hydrogen-bond acceptors (Lipinski definition) is 6. The van der Waals surface area contributed by atoms with Crippen molar-refractivity contribution in [2.75, 3.05) is 24.9 Å². The van der Waals surface area contributed by atoms with E-state index in [0.717, 1.165) is 24.6 Å². The molecule has 0 atom stereocenters. The van der Waals surface area contributed by atoms with Crippen LogP contribution in [0.2, 0.25) is 0 Å². The van der Waals surface area contributed by atoms with E-state index in [0.29, 0.717) is 11.7 Å². The summed E-state index contributed by atoms with van der Waals surface area (Å²) in [5.74, 6) is -1.27. The molecule has 1 aromatic carbocycles. The van der Waals surface area contributed by atoms with E-state index in [1.165, 1.54) is 14.2 Å². The Labute approximate surface area is 123 Å². The number of methoxy groups -OCH3 is 2. The first-order chi connectivity index (χ1) is 10.1. The Hall–Kier alpha value is -2.50. The number of hydrogen-bond donors (Lipinski definition) is 2. The normalized spacial score (nSPS) is 14.3. The van der Waals surface area contributed by atoms with Crippen molar-refractivity contribution >= 4 is 23.3 Å². The summed E-state index contributed by atoms with van der Waals surface area (Å²) in [4.78, 5) is 23.1. The minimum absolute atomic E-state index is 0.0226. The van der Waals surface area contributed by atoms with Gasteiger partial charge in [0.1, 0.15) is 5.70 Å². The number of anilines is 2. The Kier molecular flexibility index (Phi) is 4.81. The highest BCUT2D eigenvalue weighted by Crippen LogP contribution is 2.30. The lowest BCUT2D eigenvalue weighted by Crippen LogP contribution is -2.16. The van der Waals surface area contributed by atoms with E-state index in [4.69, 9.17) is 0 Å². The highest BCUT2D eigenvalue weighted by Gasteiger charge is 2.22. The summed E-state index contributed by atoms with van der Waals surface area (Å²) in [5.41, 5.74) is 1.60. The number of rotatable bonds is 6. The molecule has 1 fully saturated rings. The predicted molar refractivity (Wildman–Crippen MR) is 78.8 cm³/mol. The van der Waals surface area contributed by atoms with Gasteiger partial charge in [-0.3, -0.25) is 0 Å². The quantitative estimate of drug-likeness (QED) is 0.615. The van der Waals surface area contributed by atoms with Crippen molar-refractivity contribution < 1.29 is 19.1 Å². The molecule has 2 rings (SSSR count). The van der Waals surface area contributed by atoms with Crippen LogP contribution in [-0.2, 0) is 19.1 Å². The molecule has 6 nitrogen and oxygen atoms in total. The zero-order valence-corrected chi connectivity index (χ0v) is 12.0. The van der Waals surface area contributed by atoms with Gasteiger partial charge in [0.2, 0.25) is 0 Å². The van der Waals surface area contributed by atoms with Crippen molar-refractivity contribution in [1.29, 1.82) is 0 Å². The minimum atomic E-state index is -0.637. The molecule has 112 valence electrons. The Morgan fingerprint density at radius 2 is 1.81 bits per heavy atom. The zero-order valence-electron chi connectivity index (χ0n) is 12.0. The highest BCUT2D eigenvalue weighted by molar-refractivity contribution is 5.99. The number of para-hydroxylation sites is 2. The fourth-order valence-corrected chi connectivity index (χ4v) is 1.74. The lowest BCUT2D eigenvalue weighted by Gasteiger charge is -2.14. The summed E-state index contributed by atoms with van der Waals surface area (Å²) in [6.07, 6.45) is 3.34. The minimum Gasteiger partial charge on any atom is -0.466 e. The van der Waals surface area contributed by atoms with Crippen molar-refractivity contribution in [3.05, 3.63) is 36.0 Å². The molecule has 6 heteroatoms. The molecule has 1 aliphatic carbocycles. The molecule has 0 aromatic heterocycles. The molecule has 0 radical (unpaired) electrons. The first kappa shape index (κ1) is 14.9. The monoisotopic (exact) mass is 290 g/mol. The van der Waals surface area contributed by atoms with Crippen LogP contribution in [0.25, 0.3) is 0 Å². The Morgan fingerprint density at radius 3 is 2.38 bits per heavy atom. The van der Waals surface area contributed by atoms with Gasteiger partial charge in [-0.05, 0) is 25.0 Å². The Morgan fingerprint density at radius 1 is 1.14 bits per heavy atom. The van der Waals surface area contributed by atoms with E-state index in [2.05, 4.69) is 20.1 Å². The van der Waals surface area contributed by atoms with Crippen molar-refractivity contribution in [1.82, 2.24) is 0 Å². The summed E-state index contributed by atoms with van der Waals surface area (Å²) >= 11 is 0. The van der Waals surface area contributed by atoms with Crippen LogP contribution in [0, 0.1) is 0 Å². The molecule has 0 bridgehead atoms. The van der Waals surface area contributed by atoms with Gasteiger partial charge in [-0.2, -0.15) is 0 Å². The topological polar surface area (TPSA) is 76.7 Å². The maximum atomic E-state index is 11.7. The Bertz CT molecular complexity index is 565. The maximum Gasteiger partial charge on any atom is 0.354 e. The molecule has 0 unspecified atom stereocenters. The van der Waals surface area contributed by atoms with Crippen LogP contribution in [0.5, 0.6) is 0 Å². The number of carbonyl (C=O) groups is 2. The maximum absolute atomic E-state index is 11.7. The summed E-state index contributed by atoms with van der Waals surface area (Å²) < 4.78 is 9.20. The van der Waals surface area contributed by atoms with Crippen LogP contribution in [0.4, 0.5) is 11.4 Å². The largest absolute Gasteiger partial charge is 0.466 e. The van der Waals surface area contributed by atoms with Crippen molar-refractivity contribution in [2.24, 2.45) is 0 Å². The SMILES string of the molecule is COC(=O)/C=C(/Nc1ccccc1NC1CC1)C(=O)OC. The van der Waals surface area contributed by atoms with Crippen LogP contribution >= 0.6 is 0 Å². The lowest BCUT2D eigenvalue weighted by molar-refractivity contribution is -0.138. The van der Waals surface area contributed by atoms with E-state index in [9.17, 15) is 9.59 Å². The highest BCUT2D eigenvalue weighted by atomic mass is 16.5. The van der Waals surface area contributed by atoms with Crippen LogP contribution in [0.1, 0.15) is 12.8 Å². The van der Waals surface area contributed by atoms with E-state index < -0.39 is 11.9 Å². The molecular weight excluding hydrogens is 272 g/mol. The van der Waals surface area contributed by atoms with Gasteiger partial charge >= 0.3 is 11.9 Å². The number of nitrogens with one attached hydrogen (secondary N) is 2. The fraction of sp³-hybridized carbons (Fsp3) is 0.333. The molecule has 2 N–H and O–H groups in total. The van der Waals surface area contributed by atoms with Gasteiger partial charge in [-0.15, -0.1) is 0 Å². The molecule has 1 aliphatic rings. The summed E-state index contributed by atoms with van der Waals surface area (Å²) in [6, 6.07) is 7.94. The van der Waals surface area contributed by atoms with Gasteiger partial charge in [0, 0.05) is 6.04 Å². The fourth-order valence-electron chi connectivity index (χ4n) is 1.74. The third-order valence-corrected chi connectivity index (χ3v) is 3.00. The van der Waals surface area contributed by atoms with E-state index in [1.54, 1.807) is 0 Å². The average Bonchev–Trinajstić information content (AvgIpc) is 3.31. The zero-order chi connectivity index (χ0) is 15.2. The lowest BCUT2D eigenvalue weighted by atomic mass is 10.2. The van der Waals surface area contributed by atoms with E-state index in [-0.39, 0.29) is 5.70 Å². The van der Waals surface area contributed by atoms with Gasteiger partial charge in [0.05, 0.1) is 31.7 Å². The smallest absolute Gasteiger partial charge is 0.354 e. The second kappa shape index (κ2) is 6.78. The first-order valence-electron chi connectivity index (χ1n) is 6.64. The molecule has 1 aromatic rings. The number of esters is 2. The third-order valence-electron chi connectivity index (χ3n) is 3.00. The number of benzene rings is 1. The van der Waals surface area contributed by atoms with Gasteiger partial charge in [0.15, 0.2) is 0 Å². The molecule has 0 aliphatic heterocycles. The molecule has 21 heavy (non-hydrogen) atoms. The van der Waals surface area contributed by atoms with Gasteiger partial charge < -0.3 is 20.1 Å². The molecule has 0 amide bonds.